The predicted octanol–water partition coefficient (Wildman–Crippen LogP) is 3.36. The highest BCUT2D eigenvalue weighted by molar-refractivity contribution is 7.12. The van der Waals surface area contributed by atoms with Crippen LogP contribution in [0.1, 0.15) is 41.5 Å². The molecule has 1 aliphatic heterocycles. The highest BCUT2D eigenvalue weighted by Gasteiger charge is 2.34. The summed E-state index contributed by atoms with van der Waals surface area (Å²) in [6.07, 6.45) is 0.709. The summed E-state index contributed by atoms with van der Waals surface area (Å²) < 4.78 is 5.97. The number of rotatable bonds is 2. The number of carbonyl (C=O) groups is 1. The molecule has 21 heavy (non-hydrogen) atoms. The fourth-order valence-electron chi connectivity index (χ4n) is 2.64. The maximum Gasteiger partial charge on any atom is 0.261 e. The third-order valence-electron chi connectivity index (χ3n) is 3.54. The molecule has 1 aromatic heterocycles. The first-order chi connectivity index (χ1) is 9.94. The molecule has 5 heteroatoms. The zero-order valence-corrected chi connectivity index (χ0v) is 12.9. The molecule has 3 rings (SSSR count). The van der Waals surface area contributed by atoms with Crippen molar-refractivity contribution in [1.82, 2.24) is 5.32 Å². The van der Waals surface area contributed by atoms with Crippen molar-refractivity contribution in [2.24, 2.45) is 0 Å². The Bertz CT molecular complexity index is 665. The number of carbonyl (C=O) groups excluding carboxylic acids is 1. The van der Waals surface area contributed by atoms with Gasteiger partial charge in [-0.25, -0.2) is 0 Å². The molecule has 1 atom stereocenters. The standard InChI is InChI=1S/C16H18N2O2S/c1-16(2)9-12(18-15(19)14-4-3-7-21-14)11-8-10(17)5-6-13(11)20-16/h3-8,12H,9,17H2,1-2H3,(H,18,19). The minimum absolute atomic E-state index is 0.0546. The summed E-state index contributed by atoms with van der Waals surface area (Å²) in [6.45, 7) is 4.05. The third-order valence-corrected chi connectivity index (χ3v) is 4.41. The summed E-state index contributed by atoms with van der Waals surface area (Å²) >= 11 is 1.44. The van der Waals surface area contributed by atoms with Gasteiger partial charge in [-0.3, -0.25) is 4.79 Å². The van der Waals surface area contributed by atoms with Crippen molar-refractivity contribution in [2.75, 3.05) is 5.73 Å². The van der Waals surface area contributed by atoms with Gasteiger partial charge in [0.2, 0.25) is 0 Å². The van der Waals surface area contributed by atoms with Crippen molar-refractivity contribution in [3.63, 3.8) is 0 Å². The van der Waals surface area contributed by atoms with E-state index in [-0.39, 0.29) is 17.6 Å². The van der Waals surface area contributed by atoms with E-state index in [0.29, 0.717) is 17.0 Å². The molecule has 0 spiro atoms. The second-order valence-corrected chi connectivity index (χ2v) is 6.81. The highest BCUT2D eigenvalue weighted by Crippen LogP contribution is 2.40. The number of ether oxygens (including phenoxy) is 1. The number of hydrogen-bond acceptors (Lipinski definition) is 4. The van der Waals surface area contributed by atoms with Crippen LogP contribution in [0, 0.1) is 0 Å². The summed E-state index contributed by atoms with van der Waals surface area (Å²) in [6, 6.07) is 9.17. The van der Waals surface area contributed by atoms with E-state index in [1.807, 2.05) is 49.6 Å². The largest absolute Gasteiger partial charge is 0.487 e. The van der Waals surface area contributed by atoms with E-state index in [1.54, 1.807) is 0 Å². The Hall–Kier alpha value is -2.01. The lowest BCUT2D eigenvalue weighted by molar-refractivity contribution is 0.0621. The number of fused-ring (bicyclic) bond motifs is 1. The topological polar surface area (TPSA) is 64.4 Å². The normalized spacial score (nSPS) is 19.4. The lowest BCUT2D eigenvalue weighted by Crippen LogP contribution is -2.41. The Morgan fingerprint density at radius 1 is 1.43 bits per heavy atom. The molecule has 0 aliphatic carbocycles. The molecule has 0 fully saturated rings. The van der Waals surface area contributed by atoms with Crippen molar-refractivity contribution >= 4 is 22.9 Å². The fraction of sp³-hybridized carbons (Fsp3) is 0.312. The van der Waals surface area contributed by atoms with E-state index < -0.39 is 0 Å². The van der Waals surface area contributed by atoms with Crippen LogP contribution in [0.2, 0.25) is 0 Å². The lowest BCUT2D eigenvalue weighted by Gasteiger charge is -2.38. The summed E-state index contributed by atoms with van der Waals surface area (Å²) in [5, 5.41) is 4.99. The van der Waals surface area contributed by atoms with Gasteiger partial charge < -0.3 is 15.8 Å². The first kappa shape index (κ1) is 13.9. The zero-order chi connectivity index (χ0) is 15.0. The second-order valence-electron chi connectivity index (χ2n) is 5.87. The molecule has 110 valence electrons. The number of nitrogens with one attached hydrogen (secondary N) is 1. The number of anilines is 1. The van der Waals surface area contributed by atoms with Gasteiger partial charge in [0.25, 0.3) is 5.91 Å². The van der Waals surface area contributed by atoms with Crippen LogP contribution in [0.3, 0.4) is 0 Å². The van der Waals surface area contributed by atoms with E-state index in [0.717, 1.165) is 11.3 Å². The summed E-state index contributed by atoms with van der Waals surface area (Å²) in [7, 11) is 0. The summed E-state index contributed by atoms with van der Waals surface area (Å²) in [5.74, 6) is 0.734. The van der Waals surface area contributed by atoms with Crippen LogP contribution in [-0.4, -0.2) is 11.5 Å². The Labute approximate surface area is 127 Å². The Morgan fingerprint density at radius 3 is 2.95 bits per heavy atom. The number of thiophene rings is 1. The minimum atomic E-state index is -0.323. The molecule has 4 nitrogen and oxygen atoms in total. The van der Waals surface area contributed by atoms with Gasteiger partial charge in [-0.15, -0.1) is 11.3 Å². The van der Waals surface area contributed by atoms with Gasteiger partial charge in [0.05, 0.1) is 10.9 Å². The minimum Gasteiger partial charge on any atom is -0.487 e. The summed E-state index contributed by atoms with van der Waals surface area (Å²) in [4.78, 5) is 13.0. The quantitative estimate of drug-likeness (QED) is 0.836. The van der Waals surface area contributed by atoms with Crippen LogP contribution in [0.4, 0.5) is 5.69 Å². The van der Waals surface area contributed by atoms with Crippen LogP contribution in [-0.2, 0) is 0 Å². The highest BCUT2D eigenvalue weighted by atomic mass is 32.1. The molecular weight excluding hydrogens is 284 g/mol. The van der Waals surface area contributed by atoms with Crippen molar-refractivity contribution in [3.8, 4) is 5.75 Å². The first-order valence-electron chi connectivity index (χ1n) is 6.87. The molecule has 1 aromatic carbocycles. The molecule has 1 aliphatic rings. The number of hydrogen-bond donors (Lipinski definition) is 2. The molecule has 0 bridgehead atoms. The average molecular weight is 302 g/mol. The zero-order valence-electron chi connectivity index (χ0n) is 12.1. The fourth-order valence-corrected chi connectivity index (χ4v) is 3.27. The van der Waals surface area contributed by atoms with Crippen LogP contribution >= 0.6 is 11.3 Å². The van der Waals surface area contributed by atoms with Crippen molar-refractivity contribution < 1.29 is 9.53 Å². The maximum absolute atomic E-state index is 12.3. The maximum atomic E-state index is 12.3. The molecule has 1 unspecified atom stereocenters. The smallest absolute Gasteiger partial charge is 0.261 e. The number of amides is 1. The van der Waals surface area contributed by atoms with Gasteiger partial charge in [-0.2, -0.15) is 0 Å². The molecule has 0 radical (unpaired) electrons. The molecule has 0 saturated heterocycles. The molecule has 3 N–H and O–H groups in total. The Morgan fingerprint density at radius 2 is 2.24 bits per heavy atom. The van der Waals surface area contributed by atoms with Crippen molar-refractivity contribution in [2.45, 2.75) is 31.9 Å². The Balaban J connectivity index is 1.91. The lowest BCUT2D eigenvalue weighted by atomic mass is 9.89. The van der Waals surface area contributed by atoms with E-state index in [1.165, 1.54) is 11.3 Å². The molecular formula is C16H18N2O2S. The van der Waals surface area contributed by atoms with Crippen LogP contribution < -0.4 is 15.8 Å². The SMILES string of the molecule is CC1(C)CC(NC(=O)c2cccs2)c2cc(N)ccc2O1. The average Bonchev–Trinajstić information content (AvgIpc) is 2.93. The second kappa shape index (κ2) is 5.07. The Kier molecular flexibility index (Phi) is 3.37. The number of benzene rings is 1. The molecule has 2 aromatic rings. The van der Waals surface area contributed by atoms with Crippen molar-refractivity contribution in [3.05, 3.63) is 46.2 Å². The predicted molar refractivity (Wildman–Crippen MR) is 84.7 cm³/mol. The van der Waals surface area contributed by atoms with Crippen molar-refractivity contribution in [1.29, 1.82) is 0 Å². The monoisotopic (exact) mass is 302 g/mol. The van der Waals surface area contributed by atoms with E-state index in [2.05, 4.69) is 5.32 Å². The molecule has 0 saturated carbocycles. The number of nitrogen functional groups attached to an aromatic ring is 1. The van der Waals surface area contributed by atoms with E-state index >= 15 is 0 Å². The number of nitrogens with two attached hydrogens (primary N) is 1. The molecule has 2 heterocycles. The van der Waals surface area contributed by atoms with Crippen LogP contribution in [0.25, 0.3) is 0 Å². The van der Waals surface area contributed by atoms with Gasteiger partial charge in [-0.1, -0.05) is 6.07 Å². The summed E-state index contributed by atoms with van der Waals surface area (Å²) in [5.41, 5.74) is 7.17. The van der Waals surface area contributed by atoms with Gasteiger partial charge in [0.1, 0.15) is 11.4 Å². The first-order valence-corrected chi connectivity index (χ1v) is 7.75. The van der Waals surface area contributed by atoms with Gasteiger partial charge in [-0.05, 0) is 43.5 Å². The van der Waals surface area contributed by atoms with Gasteiger partial charge in [0, 0.05) is 17.7 Å². The van der Waals surface area contributed by atoms with E-state index in [9.17, 15) is 4.79 Å². The third kappa shape index (κ3) is 2.88. The van der Waals surface area contributed by atoms with Gasteiger partial charge >= 0.3 is 0 Å². The van der Waals surface area contributed by atoms with Crippen LogP contribution in [0.15, 0.2) is 35.7 Å². The van der Waals surface area contributed by atoms with Gasteiger partial charge in [0.15, 0.2) is 0 Å². The van der Waals surface area contributed by atoms with E-state index in [4.69, 9.17) is 10.5 Å². The van der Waals surface area contributed by atoms with Crippen LogP contribution in [0.5, 0.6) is 5.75 Å². The molecule has 1 amide bonds.